The molecule has 0 atom stereocenters. The molecule has 1 aromatic rings. The molecule has 0 bridgehead atoms. The molecule has 1 rings (SSSR count). The highest BCUT2D eigenvalue weighted by molar-refractivity contribution is 6.35. The Kier molecular flexibility index (Phi) is 5.89. The zero-order valence-electron chi connectivity index (χ0n) is 10.6. The Hall–Kier alpha value is -2.55. The molecule has 1 aromatic carbocycles. The van der Waals surface area contributed by atoms with Crippen LogP contribution >= 0.6 is 0 Å². The molecule has 0 fully saturated rings. The molecule has 0 saturated carbocycles. The maximum Gasteiger partial charge on any atom is 0.310 e. The van der Waals surface area contributed by atoms with Crippen LogP contribution in [-0.2, 0) is 16.0 Å². The molecule has 6 heteroatoms. The summed E-state index contributed by atoms with van der Waals surface area (Å²) in [6.07, 6.45) is 0.592. The molecule has 2 amide bonds. The van der Waals surface area contributed by atoms with Crippen LogP contribution in [0.3, 0.4) is 0 Å². The second-order valence-corrected chi connectivity index (χ2v) is 3.70. The summed E-state index contributed by atoms with van der Waals surface area (Å²) in [6.45, 7) is 0.161. The van der Waals surface area contributed by atoms with Crippen LogP contribution in [0.2, 0.25) is 0 Å². The topological polar surface area (TPSA) is 91.2 Å². The van der Waals surface area contributed by atoms with E-state index in [0.29, 0.717) is 13.0 Å². The third kappa shape index (κ3) is 5.08. The minimum absolute atomic E-state index is 0.178. The van der Waals surface area contributed by atoms with Crippen LogP contribution in [-0.4, -0.2) is 32.0 Å². The van der Waals surface area contributed by atoms with E-state index in [9.17, 15) is 9.59 Å². The fourth-order valence-corrected chi connectivity index (χ4v) is 1.43. The molecular weight excluding hydrogens is 246 g/mol. The first-order valence-electron chi connectivity index (χ1n) is 5.73. The Morgan fingerprint density at radius 1 is 1.32 bits per heavy atom. The quantitative estimate of drug-likeness (QED) is 0.576. The number of methoxy groups -OCH3 is 1. The maximum absolute atomic E-state index is 11.3. The third-order valence-electron chi connectivity index (χ3n) is 2.37. The van der Waals surface area contributed by atoms with Gasteiger partial charge in [-0.2, -0.15) is 5.26 Å². The molecule has 0 heterocycles. The predicted octanol–water partition coefficient (Wildman–Crippen LogP) is -0.00632. The van der Waals surface area contributed by atoms with Crippen molar-refractivity contribution in [3.05, 3.63) is 29.8 Å². The van der Waals surface area contributed by atoms with E-state index in [-0.39, 0.29) is 6.54 Å². The van der Waals surface area contributed by atoms with Gasteiger partial charge < -0.3 is 15.4 Å². The molecule has 0 saturated heterocycles. The van der Waals surface area contributed by atoms with E-state index in [2.05, 4.69) is 10.6 Å². The van der Waals surface area contributed by atoms with Gasteiger partial charge in [0.2, 0.25) is 0 Å². The Balaban J connectivity index is 2.35. The van der Waals surface area contributed by atoms with Crippen LogP contribution in [0.25, 0.3) is 0 Å². The molecule has 6 nitrogen and oxygen atoms in total. The number of carbonyl (C=O) groups is 2. The van der Waals surface area contributed by atoms with Gasteiger partial charge in [0.25, 0.3) is 0 Å². The number of benzene rings is 1. The minimum Gasteiger partial charge on any atom is -0.497 e. The van der Waals surface area contributed by atoms with Gasteiger partial charge in [-0.3, -0.25) is 9.59 Å². The highest BCUT2D eigenvalue weighted by Gasteiger charge is 2.11. The lowest BCUT2D eigenvalue weighted by Crippen LogP contribution is -2.40. The molecule has 0 aliphatic heterocycles. The van der Waals surface area contributed by atoms with Crippen molar-refractivity contribution in [3.8, 4) is 11.8 Å². The lowest BCUT2D eigenvalue weighted by atomic mass is 10.1. The van der Waals surface area contributed by atoms with Crippen LogP contribution in [0.1, 0.15) is 5.56 Å². The van der Waals surface area contributed by atoms with E-state index in [0.717, 1.165) is 11.3 Å². The van der Waals surface area contributed by atoms with Crippen molar-refractivity contribution in [3.63, 3.8) is 0 Å². The maximum atomic E-state index is 11.3. The van der Waals surface area contributed by atoms with Crippen molar-refractivity contribution in [1.29, 1.82) is 5.26 Å². The van der Waals surface area contributed by atoms with Gasteiger partial charge >= 0.3 is 11.8 Å². The van der Waals surface area contributed by atoms with Crippen molar-refractivity contribution >= 4 is 11.8 Å². The third-order valence-corrected chi connectivity index (χ3v) is 2.37. The van der Waals surface area contributed by atoms with E-state index in [1.165, 1.54) is 0 Å². The molecule has 0 aromatic heterocycles. The molecule has 2 N–H and O–H groups in total. The van der Waals surface area contributed by atoms with Crippen molar-refractivity contribution in [1.82, 2.24) is 10.6 Å². The van der Waals surface area contributed by atoms with Crippen LogP contribution < -0.4 is 15.4 Å². The second kappa shape index (κ2) is 7.71. The van der Waals surface area contributed by atoms with E-state index in [1.807, 2.05) is 24.3 Å². The van der Waals surface area contributed by atoms with Gasteiger partial charge in [0.05, 0.1) is 13.2 Å². The summed E-state index contributed by atoms with van der Waals surface area (Å²) in [4.78, 5) is 22.5. The molecule has 19 heavy (non-hydrogen) atoms. The molecule has 0 aliphatic carbocycles. The highest BCUT2D eigenvalue weighted by atomic mass is 16.5. The summed E-state index contributed by atoms with van der Waals surface area (Å²) in [5.41, 5.74) is 0.997. The summed E-state index contributed by atoms with van der Waals surface area (Å²) in [5.74, 6) is -0.791. The summed E-state index contributed by atoms with van der Waals surface area (Å²) < 4.78 is 5.08. The number of rotatable bonds is 5. The van der Waals surface area contributed by atoms with Crippen LogP contribution in [0.15, 0.2) is 24.3 Å². The Morgan fingerprint density at radius 2 is 2.05 bits per heavy atom. The van der Waals surface area contributed by atoms with Crippen molar-refractivity contribution in [2.75, 3.05) is 20.2 Å². The normalized spacial score (nSPS) is 9.26. The monoisotopic (exact) mass is 261 g/mol. The highest BCUT2D eigenvalue weighted by Crippen LogP contribution is 2.12. The fourth-order valence-electron chi connectivity index (χ4n) is 1.43. The van der Waals surface area contributed by atoms with Gasteiger partial charge in [0.1, 0.15) is 12.3 Å². The van der Waals surface area contributed by atoms with Crippen molar-refractivity contribution in [2.24, 2.45) is 0 Å². The number of amides is 2. The van der Waals surface area contributed by atoms with Crippen molar-refractivity contribution < 1.29 is 14.3 Å². The van der Waals surface area contributed by atoms with Gasteiger partial charge in [-0.1, -0.05) is 12.1 Å². The number of hydrogen-bond donors (Lipinski definition) is 2. The smallest absolute Gasteiger partial charge is 0.310 e. The first-order valence-corrected chi connectivity index (χ1v) is 5.73. The SMILES string of the molecule is COc1cccc(CCNC(=O)C(=O)NCC#N)c1. The Labute approximate surface area is 111 Å². The lowest BCUT2D eigenvalue weighted by molar-refractivity contribution is -0.139. The zero-order valence-corrected chi connectivity index (χ0v) is 10.6. The predicted molar refractivity (Wildman–Crippen MR) is 68.3 cm³/mol. The average Bonchev–Trinajstić information content (AvgIpc) is 2.44. The van der Waals surface area contributed by atoms with E-state index >= 15 is 0 Å². The van der Waals surface area contributed by atoms with E-state index in [4.69, 9.17) is 10.00 Å². The second-order valence-electron chi connectivity index (χ2n) is 3.70. The lowest BCUT2D eigenvalue weighted by Gasteiger charge is -2.06. The van der Waals surface area contributed by atoms with Gasteiger partial charge in [0, 0.05) is 6.54 Å². The van der Waals surface area contributed by atoms with Gasteiger partial charge in [-0.05, 0) is 24.1 Å². The average molecular weight is 261 g/mol. The molecule has 0 spiro atoms. The van der Waals surface area contributed by atoms with E-state index < -0.39 is 11.8 Å². The van der Waals surface area contributed by atoms with Crippen LogP contribution in [0.5, 0.6) is 5.75 Å². The molecule has 0 unspecified atom stereocenters. The van der Waals surface area contributed by atoms with Gasteiger partial charge in [-0.25, -0.2) is 0 Å². The largest absolute Gasteiger partial charge is 0.497 e. The Morgan fingerprint density at radius 3 is 2.74 bits per heavy atom. The first kappa shape index (κ1) is 14.5. The summed E-state index contributed by atoms with van der Waals surface area (Å²) in [5, 5.41) is 12.9. The molecule has 100 valence electrons. The number of ether oxygens (including phenoxy) is 1. The number of nitriles is 1. The summed E-state index contributed by atoms with van der Waals surface area (Å²) >= 11 is 0. The van der Waals surface area contributed by atoms with Gasteiger partial charge in [0.15, 0.2) is 0 Å². The van der Waals surface area contributed by atoms with Gasteiger partial charge in [-0.15, -0.1) is 0 Å². The number of nitrogens with one attached hydrogen (secondary N) is 2. The molecular formula is C13H15N3O3. The first-order chi connectivity index (χ1) is 9.17. The van der Waals surface area contributed by atoms with Crippen LogP contribution in [0.4, 0.5) is 0 Å². The minimum atomic E-state index is -0.799. The number of hydrogen-bond acceptors (Lipinski definition) is 4. The fraction of sp³-hybridized carbons (Fsp3) is 0.308. The molecule has 0 radical (unpaired) electrons. The standard InChI is InChI=1S/C13H15N3O3/c1-19-11-4-2-3-10(9-11)5-7-15-12(17)13(18)16-8-6-14/h2-4,9H,5,7-8H2,1H3,(H,15,17)(H,16,18). The van der Waals surface area contributed by atoms with Crippen LogP contribution in [0, 0.1) is 11.3 Å². The zero-order chi connectivity index (χ0) is 14.1. The number of carbonyl (C=O) groups excluding carboxylic acids is 2. The van der Waals surface area contributed by atoms with Crippen molar-refractivity contribution in [2.45, 2.75) is 6.42 Å². The summed E-state index contributed by atoms with van der Waals surface area (Å²) in [7, 11) is 1.58. The molecule has 0 aliphatic rings. The summed E-state index contributed by atoms with van der Waals surface area (Å²) in [6, 6.07) is 9.18. The van der Waals surface area contributed by atoms with E-state index in [1.54, 1.807) is 13.2 Å². The number of nitrogens with zero attached hydrogens (tertiary/aromatic N) is 1. The Bertz CT molecular complexity index is 494.